The minimum absolute atomic E-state index is 0.170. The summed E-state index contributed by atoms with van der Waals surface area (Å²) >= 11 is 0. The zero-order chi connectivity index (χ0) is 18.0. The Bertz CT molecular complexity index is 776. The molecule has 132 valence electrons. The van der Waals surface area contributed by atoms with Crippen LogP contribution in [-0.2, 0) is 12.7 Å². The van der Waals surface area contributed by atoms with Gasteiger partial charge in [0.15, 0.2) is 11.5 Å². The quantitative estimate of drug-likeness (QED) is 0.905. The Morgan fingerprint density at radius 1 is 1.12 bits per heavy atom. The lowest BCUT2D eigenvalue weighted by molar-refractivity contribution is -0.137. The molecule has 25 heavy (non-hydrogen) atoms. The molecule has 0 atom stereocenters. The summed E-state index contributed by atoms with van der Waals surface area (Å²) in [6, 6.07) is 9.21. The van der Waals surface area contributed by atoms with Crippen molar-refractivity contribution in [3.05, 3.63) is 53.6 Å². The number of carbonyl (C=O) groups is 1. The first-order chi connectivity index (χ1) is 11.8. The molecule has 0 aromatic heterocycles. The SMILES string of the molecule is CN(Cc1ccc2c(c1)OCO2)C(=O)Nc1ccc(C(F)(F)F)cc1. The van der Waals surface area contributed by atoms with E-state index < -0.39 is 17.8 Å². The average Bonchev–Trinajstić information content (AvgIpc) is 3.02. The number of hydrogen-bond acceptors (Lipinski definition) is 3. The van der Waals surface area contributed by atoms with Gasteiger partial charge in [-0.15, -0.1) is 0 Å². The molecule has 0 radical (unpaired) electrons. The van der Waals surface area contributed by atoms with E-state index >= 15 is 0 Å². The summed E-state index contributed by atoms with van der Waals surface area (Å²) in [5, 5.41) is 2.56. The molecule has 1 aliphatic rings. The Kier molecular flexibility index (Phi) is 4.43. The van der Waals surface area contributed by atoms with Gasteiger partial charge in [0.1, 0.15) is 0 Å². The number of halogens is 3. The van der Waals surface area contributed by atoms with Gasteiger partial charge in [0.25, 0.3) is 0 Å². The number of ether oxygens (including phenoxy) is 2. The Morgan fingerprint density at radius 2 is 1.80 bits per heavy atom. The fourth-order valence-electron chi connectivity index (χ4n) is 2.35. The third-order valence-corrected chi connectivity index (χ3v) is 3.67. The van der Waals surface area contributed by atoms with E-state index in [1.54, 1.807) is 19.2 Å². The van der Waals surface area contributed by atoms with E-state index in [9.17, 15) is 18.0 Å². The summed E-state index contributed by atoms with van der Waals surface area (Å²) < 4.78 is 48.1. The first kappa shape index (κ1) is 16.9. The van der Waals surface area contributed by atoms with Crippen LogP contribution in [0.4, 0.5) is 23.7 Å². The summed E-state index contributed by atoms with van der Waals surface area (Å²) in [6.07, 6.45) is -4.40. The highest BCUT2D eigenvalue weighted by Gasteiger charge is 2.30. The highest BCUT2D eigenvalue weighted by Crippen LogP contribution is 2.33. The smallest absolute Gasteiger partial charge is 0.416 e. The Balaban J connectivity index is 1.61. The molecule has 0 fully saturated rings. The van der Waals surface area contributed by atoms with Crippen molar-refractivity contribution in [2.24, 2.45) is 0 Å². The van der Waals surface area contributed by atoms with Crippen molar-refractivity contribution in [1.82, 2.24) is 4.90 Å². The molecule has 0 spiro atoms. The van der Waals surface area contributed by atoms with Crippen LogP contribution < -0.4 is 14.8 Å². The molecule has 5 nitrogen and oxygen atoms in total. The Labute approximate surface area is 142 Å². The van der Waals surface area contributed by atoms with Crippen LogP contribution in [-0.4, -0.2) is 24.8 Å². The Morgan fingerprint density at radius 3 is 2.48 bits per heavy atom. The van der Waals surface area contributed by atoms with Crippen LogP contribution in [0.3, 0.4) is 0 Å². The lowest BCUT2D eigenvalue weighted by Crippen LogP contribution is -2.30. The van der Waals surface area contributed by atoms with Gasteiger partial charge in [0.2, 0.25) is 6.79 Å². The van der Waals surface area contributed by atoms with Gasteiger partial charge in [-0.1, -0.05) is 6.07 Å². The van der Waals surface area contributed by atoms with E-state index in [1.807, 2.05) is 6.07 Å². The van der Waals surface area contributed by atoms with Gasteiger partial charge in [-0.25, -0.2) is 4.79 Å². The molecule has 2 amide bonds. The van der Waals surface area contributed by atoms with Gasteiger partial charge in [0, 0.05) is 19.3 Å². The van der Waals surface area contributed by atoms with Crippen LogP contribution in [0.2, 0.25) is 0 Å². The van der Waals surface area contributed by atoms with E-state index in [-0.39, 0.29) is 12.5 Å². The predicted molar refractivity (Wildman–Crippen MR) is 84.5 cm³/mol. The molecule has 0 bridgehead atoms. The van der Waals surface area contributed by atoms with Crippen molar-refractivity contribution in [3.63, 3.8) is 0 Å². The zero-order valence-electron chi connectivity index (χ0n) is 13.3. The van der Waals surface area contributed by atoms with Crippen LogP contribution in [0, 0.1) is 0 Å². The van der Waals surface area contributed by atoms with Crippen molar-refractivity contribution in [3.8, 4) is 11.5 Å². The van der Waals surface area contributed by atoms with Gasteiger partial charge >= 0.3 is 12.2 Å². The molecule has 1 N–H and O–H groups in total. The number of alkyl halides is 3. The topological polar surface area (TPSA) is 50.8 Å². The summed E-state index contributed by atoms with van der Waals surface area (Å²) in [4.78, 5) is 13.6. The number of nitrogens with one attached hydrogen (secondary N) is 1. The molecule has 2 aromatic carbocycles. The molecule has 0 unspecified atom stereocenters. The second kappa shape index (κ2) is 6.54. The number of hydrogen-bond donors (Lipinski definition) is 1. The fraction of sp³-hybridized carbons (Fsp3) is 0.235. The molecule has 0 saturated heterocycles. The van der Waals surface area contributed by atoms with Gasteiger partial charge in [-0.2, -0.15) is 13.2 Å². The molecule has 1 heterocycles. The van der Waals surface area contributed by atoms with Gasteiger partial charge in [-0.05, 0) is 42.0 Å². The summed E-state index contributed by atoms with van der Waals surface area (Å²) in [5.41, 5.74) is 0.365. The molecule has 0 aliphatic carbocycles. The maximum absolute atomic E-state index is 12.5. The molecule has 8 heteroatoms. The van der Waals surface area contributed by atoms with Crippen molar-refractivity contribution in [2.75, 3.05) is 19.2 Å². The second-order valence-corrected chi connectivity index (χ2v) is 5.55. The average molecular weight is 352 g/mol. The number of anilines is 1. The van der Waals surface area contributed by atoms with Crippen LogP contribution in [0.1, 0.15) is 11.1 Å². The van der Waals surface area contributed by atoms with Crippen molar-refractivity contribution < 1.29 is 27.4 Å². The third kappa shape index (κ3) is 3.96. The first-order valence-corrected chi connectivity index (χ1v) is 7.41. The molecular weight excluding hydrogens is 337 g/mol. The van der Waals surface area contributed by atoms with E-state index in [0.29, 0.717) is 18.0 Å². The largest absolute Gasteiger partial charge is 0.454 e. The number of rotatable bonds is 3. The molecule has 3 rings (SSSR count). The highest BCUT2D eigenvalue weighted by atomic mass is 19.4. The maximum atomic E-state index is 12.5. The van der Waals surface area contributed by atoms with Crippen LogP contribution in [0.15, 0.2) is 42.5 Å². The van der Waals surface area contributed by atoms with Gasteiger partial charge in [-0.3, -0.25) is 0 Å². The summed E-state index contributed by atoms with van der Waals surface area (Å²) in [6.45, 7) is 0.478. The van der Waals surface area contributed by atoms with Crippen LogP contribution in [0.25, 0.3) is 0 Å². The fourth-order valence-corrected chi connectivity index (χ4v) is 2.35. The minimum atomic E-state index is -4.40. The molecular formula is C17H15F3N2O3. The standard InChI is InChI=1S/C17H15F3N2O3/c1-22(9-11-2-7-14-15(8-11)25-10-24-14)16(23)21-13-5-3-12(4-6-13)17(18,19)20/h2-8H,9-10H2,1H3,(H,21,23). The Hall–Kier alpha value is -2.90. The number of amides is 2. The second-order valence-electron chi connectivity index (χ2n) is 5.55. The van der Waals surface area contributed by atoms with E-state index in [4.69, 9.17) is 9.47 Å². The number of nitrogens with zero attached hydrogens (tertiary/aromatic N) is 1. The van der Waals surface area contributed by atoms with Crippen molar-refractivity contribution in [1.29, 1.82) is 0 Å². The lowest BCUT2D eigenvalue weighted by atomic mass is 10.2. The van der Waals surface area contributed by atoms with E-state index in [0.717, 1.165) is 17.7 Å². The summed E-state index contributed by atoms with van der Waals surface area (Å²) in [5.74, 6) is 1.27. The molecule has 1 aliphatic heterocycles. The molecule has 0 saturated carbocycles. The van der Waals surface area contributed by atoms with Crippen LogP contribution in [0.5, 0.6) is 11.5 Å². The number of urea groups is 1. The summed E-state index contributed by atoms with van der Waals surface area (Å²) in [7, 11) is 1.59. The number of benzene rings is 2. The third-order valence-electron chi connectivity index (χ3n) is 3.67. The van der Waals surface area contributed by atoms with Crippen molar-refractivity contribution in [2.45, 2.75) is 12.7 Å². The van der Waals surface area contributed by atoms with E-state index in [1.165, 1.54) is 17.0 Å². The normalized spacial score (nSPS) is 12.8. The lowest BCUT2D eigenvalue weighted by Gasteiger charge is -2.18. The van der Waals surface area contributed by atoms with Crippen LogP contribution >= 0.6 is 0 Å². The van der Waals surface area contributed by atoms with Crippen molar-refractivity contribution >= 4 is 11.7 Å². The zero-order valence-corrected chi connectivity index (χ0v) is 13.3. The first-order valence-electron chi connectivity index (χ1n) is 7.41. The van der Waals surface area contributed by atoms with E-state index in [2.05, 4.69) is 5.32 Å². The minimum Gasteiger partial charge on any atom is -0.454 e. The van der Waals surface area contributed by atoms with Gasteiger partial charge < -0.3 is 19.7 Å². The maximum Gasteiger partial charge on any atom is 0.416 e. The molecule has 2 aromatic rings. The highest BCUT2D eigenvalue weighted by molar-refractivity contribution is 5.89. The van der Waals surface area contributed by atoms with Gasteiger partial charge in [0.05, 0.1) is 5.56 Å². The monoisotopic (exact) mass is 352 g/mol. The predicted octanol–water partition coefficient (Wildman–Crippen LogP) is 4.10. The number of carbonyl (C=O) groups excluding carboxylic acids is 1. The number of fused-ring (bicyclic) bond motifs is 1.